The Morgan fingerprint density at radius 3 is 2.67 bits per heavy atom. The number of aryl methyl sites for hydroxylation is 1. The van der Waals surface area contributed by atoms with E-state index >= 15 is 0 Å². The molecule has 4 rings (SSSR count). The number of rotatable bonds is 13. The van der Waals surface area contributed by atoms with Gasteiger partial charge in [-0.3, -0.25) is 4.79 Å². The second-order valence-electron chi connectivity index (χ2n) is 7.83. The van der Waals surface area contributed by atoms with Crippen LogP contribution in [0.5, 0.6) is 5.75 Å². The van der Waals surface area contributed by atoms with Gasteiger partial charge in [0.25, 0.3) is 15.2 Å². The van der Waals surface area contributed by atoms with Gasteiger partial charge in [0, 0.05) is 35.3 Å². The number of hydrogen-bond donors (Lipinski definition) is 1. The van der Waals surface area contributed by atoms with Crippen molar-refractivity contribution in [2.24, 2.45) is 0 Å². The van der Waals surface area contributed by atoms with E-state index in [0.29, 0.717) is 52.0 Å². The van der Waals surface area contributed by atoms with Crippen LogP contribution in [0.1, 0.15) is 19.2 Å². The molecule has 0 aliphatic carbocycles. The molecule has 10 nitrogen and oxygen atoms in total. The van der Waals surface area contributed by atoms with E-state index in [-0.39, 0.29) is 28.3 Å². The van der Waals surface area contributed by atoms with Gasteiger partial charge in [-0.15, -0.1) is 21.5 Å². The van der Waals surface area contributed by atoms with Crippen LogP contribution in [-0.4, -0.2) is 48.4 Å². The monoisotopic (exact) mass is 627 g/mol. The van der Waals surface area contributed by atoms with E-state index in [9.17, 15) is 13.2 Å². The molecule has 39 heavy (non-hydrogen) atoms. The van der Waals surface area contributed by atoms with Crippen molar-refractivity contribution in [1.29, 1.82) is 0 Å². The third-order valence-corrected chi connectivity index (χ3v) is 9.25. The molecule has 0 aliphatic heterocycles. The summed E-state index contributed by atoms with van der Waals surface area (Å²) in [4.78, 5) is 16.6. The van der Waals surface area contributed by atoms with E-state index in [2.05, 4.69) is 20.5 Å². The van der Waals surface area contributed by atoms with Crippen molar-refractivity contribution in [2.75, 3.05) is 28.5 Å². The van der Waals surface area contributed by atoms with E-state index in [1.807, 2.05) is 0 Å². The van der Waals surface area contributed by atoms with Gasteiger partial charge < -0.3 is 14.5 Å². The highest BCUT2D eigenvalue weighted by Gasteiger charge is 2.25. The Bertz CT molecular complexity index is 1500. The molecule has 1 amide bonds. The zero-order valence-electron chi connectivity index (χ0n) is 20.5. The molecule has 2 heterocycles. The molecule has 0 atom stereocenters. The van der Waals surface area contributed by atoms with Crippen LogP contribution in [0.4, 0.5) is 10.8 Å². The number of nitrogens with one attached hydrogen (secondary N) is 1. The minimum absolute atomic E-state index is 0.0352. The molecule has 2 aromatic carbocycles. The van der Waals surface area contributed by atoms with Crippen LogP contribution in [0.15, 0.2) is 68.6 Å². The van der Waals surface area contributed by atoms with Crippen molar-refractivity contribution in [1.82, 2.24) is 15.2 Å². The molecular weight excluding hydrogens is 605 g/mol. The standard InChI is InChI=1S/C24H23Cl2N5O5S3/c1-2-31(23-27-11-13-37-23)39(33,34)18-8-6-17(7-9-18)28-21(32)15-38-24-30-29-22(36-24)4-3-12-35-20-10-5-16(25)14-19(20)26/h5-11,13-14H,2-4,12,15H2,1H3,(H,28,32). The number of hydrogen-bond acceptors (Lipinski definition) is 10. The molecule has 0 radical (unpaired) electrons. The minimum Gasteiger partial charge on any atom is -0.492 e. The van der Waals surface area contributed by atoms with Gasteiger partial charge in [0.15, 0.2) is 5.13 Å². The number of thioether (sulfide) groups is 1. The fourth-order valence-electron chi connectivity index (χ4n) is 3.30. The molecule has 0 saturated carbocycles. The van der Waals surface area contributed by atoms with E-state index in [0.717, 1.165) is 11.8 Å². The highest BCUT2D eigenvalue weighted by atomic mass is 35.5. The number of nitrogens with zero attached hydrogens (tertiary/aromatic N) is 4. The van der Waals surface area contributed by atoms with Crippen LogP contribution in [0.2, 0.25) is 10.0 Å². The Hall–Kier alpha value is -2.84. The lowest BCUT2D eigenvalue weighted by Crippen LogP contribution is -2.30. The largest absolute Gasteiger partial charge is 0.492 e. The predicted octanol–water partition coefficient (Wildman–Crippen LogP) is 5.79. The first-order chi connectivity index (χ1) is 18.8. The fourth-order valence-corrected chi connectivity index (χ4v) is 6.71. The summed E-state index contributed by atoms with van der Waals surface area (Å²) in [5.41, 5.74) is 0.462. The maximum atomic E-state index is 13.0. The summed E-state index contributed by atoms with van der Waals surface area (Å²) in [6.45, 7) is 2.39. The van der Waals surface area contributed by atoms with Gasteiger partial charge >= 0.3 is 0 Å². The second kappa shape index (κ2) is 13.5. The van der Waals surface area contributed by atoms with E-state index in [1.54, 1.807) is 36.7 Å². The molecule has 0 aliphatic rings. The Balaban J connectivity index is 1.22. The van der Waals surface area contributed by atoms with Gasteiger partial charge in [-0.1, -0.05) is 35.0 Å². The quantitative estimate of drug-likeness (QED) is 0.145. The molecule has 4 aromatic rings. The van der Waals surface area contributed by atoms with Gasteiger partial charge in [-0.25, -0.2) is 17.7 Å². The summed E-state index contributed by atoms with van der Waals surface area (Å²) in [6.07, 6.45) is 2.68. The molecule has 1 N–H and O–H groups in total. The normalized spacial score (nSPS) is 11.4. The smallest absolute Gasteiger partial charge is 0.277 e. The topological polar surface area (TPSA) is 128 Å². The summed E-state index contributed by atoms with van der Waals surface area (Å²) < 4.78 is 38.4. The molecule has 0 saturated heterocycles. The molecule has 0 unspecified atom stereocenters. The third kappa shape index (κ3) is 7.85. The Morgan fingerprint density at radius 2 is 1.97 bits per heavy atom. The lowest BCUT2D eigenvalue weighted by molar-refractivity contribution is -0.113. The first-order valence-corrected chi connectivity index (χ1v) is 15.7. The highest BCUT2D eigenvalue weighted by Crippen LogP contribution is 2.28. The summed E-state index contributed by atoms with van der Waals surface area (Å²) in [7, 11) is -3.77. The number of ether oxygens (including phenoxy) is 1. The molecule has 206 valence electrons. The minimum atomic E-state index is -3.77. The van der Waals surface area contributed by atoms with Gasteiger partial charge in [-0.05, 0) is 55.8 Å². The van der Waals surface area contributed by atoms with E-state index in [4.69, 9.17) is 32.4 Å². The third-order valence-electron chi connectivity index (χ3n) is 5.11. The van der Waals surface area contributed by atoms with Crippen LogP contribution in [0.25, 0.3) is 0 Å². The number of amides is 1. The van der Waals surface area contributed by atoms with Crippen molar-refractivity contribution in [3.05, 3.63) is 70.0 Å². The molecule has 2 aromatic heterocycles. The molecular formula is C24H23Cl2N5O5S3. The van der Waals surface area contributed by atoms with Gasteiger partial charge in [0.2, 0.25) is 11.8 Å². The van der Waals surface area contributed by atoms with E-state index in [1.165, 1.54) is 39.9 Å². The van der Waals surface area contributed by atoms with Gasteiger partial charge in [-0.2, -0.15) is 0 Å². The summed E-state index contributed by atoms with van der Waals surface area (Å²) >= 11 is 14.3. The summed E-state index contributed by atoms with van der Waals surface area (Å²) in [5, 5.41) is 14.0. The second-order valence-corrected chi connectivity index (χ2v) is 12.3. The lowest BCUT2D eigenvalue weighted by Gasteiger charge is -2.19. The van der Waals surface area contributed by atoms with Gasteiger partial charge in [0.1, 0.15) is 5.75 Å². The number of aromatic nitrogens is 3. The Labute approximate surface area is 243 Å². The fraction of sp³-hybridized carbons (Fsp3) is 0.250. The Morgan fingerprint density at radius 1 is 1.18 bits per heavy atom. The van der Waals surface area contributed by atoms with E-state index < -0.39 is 10.0 Å². The summed E-state index contributed by atoms with van der Waals surface area (Å²) in [5.74, 6) is 0.706. The molecule has 0 fully saturated rings. The SMILES string of the molecule is CCN(c1nccs1)S(=O)(=O)c1ccc(NC(=O)CSc2nnc(CCCOc3ccc(Cl)cc3Cl)o2)cc1. The van der Waals surface area contributed by atoms with Crippen molar-refractivity contribution >= 4 is 73.0 Å². The Kier molecular flexibility index (Phi) is 10.1. The number of halogens is 2. The predicted molar refractivity (Wildman–Crippen MR) is 153 cm³/mol. The van der Waals surface area contributed by atoms with Crippen molar-refractivity contribution in [3.63, 3.8) is 0 Å². The van der Waals surface area contributed by atoms with Crippen molar-refractivity contribution in [3.8, 4) is 5.75 Å². The number of carbonyl (C=O) groups is 1. The maximum absolute atomic E-state index is 13.0. The number of carbonyl (C=O) groups excluding carboxylic acids is 1. The van der Waals surface area contributed by atoms with Crippen LogP contribution in [0, 0.1) is 0 Å². The zero-order chi connectivity index (χ0) is 27.8. The summed E-state index contributed by atoms with van der Waals surface area (Å²) in [6, 6.07) is 11.0. The van der Waals surface area contributed by atoms with Crippen molar-refractivity contribution in [2.45, 2.75) is 29.9 Å². The average molecular weight is 629 g/mol. The van der Waals surface area contributed by atoms with Gasteiger partial charge in [0.05, 0.1) is 22.3 Å². The van der Waals surface area contributed by atoms with Crippen LogP contribution in [-0.2, 0) is 21.2 Å². The number of sulfonamides is 1. The zero-order valence-corrected chi connectivity index (χ0v) is 24.5. The van der Waals surface area contributed by atoms with Crippen LogP contribution < -0.4 is 14.4 Å². The number of thiazole rings is 1. The van der Waals surface area contributed by atoms with Crippen LogP contribution >= 0.6 is 46.3 Å². The van der Waals surface area contributed by atoms with Crippen molar-refractivity contribution < 1.29 is 22.4 Å². The average Bonchev–Trinajstić information content (AvgIpc) is 3.60. The molecule has 0 bridgehead atoms. The first kappa shape index (κ1) is 29.2. The molecule has 0 spiro atoms. The highest BCUT2D eigenvalue weighted by molar-refractivity contribution is 7.99. The lowest BCUT2D eigenvalue weighted by atomic mass is 10.3. The first-order valence-electron chi connectivity index (χ1n) is 11.6. The molecule has 15 heteroatoms. The number of benzene rings is 2. The number of anilines is 2. The van der Waals surface area contributed by atoms with Crippen LogP contribution in [0.3, 0.4) is 0 Å². The maximum Gasteiger partial charge on any atom is 0.277 e.